The molecule has 0 saturated heterocycles. The van der Waals surface area contributed by atoms with E-state index in [2.05, 4.69) is 80.4 Å². The van der Waals surface area contributed by atoms with Gasteiger partial charge in [0.1, 0.15) is 10.0 Å². The normalized spacial score (nSPS) is 24.9. The molecule has 0 aromatic heterocycles. The summed E-state index contributed by atoms with van der Waals surface area (Å²) in [4.78, 5) is 0. The maximum absolute atomic E-state index is 6.39. The van der Waals surface area contributed by atoms with Crippen molar-refractivity contribution < 1.29 is 4.74 Å². The van der Waals surface area contributed by atoms with Gasteiger partial charge in [0.2, 0.25) is 0 Å². The highest BCUT2D eigenvalue weighted by molar-refractivity contribution is 9.10. The molecular weight excluding hydrogens is 440 g/mol. The Kier molecular flexibility index (Phi) is 5.64. The second kappa shape index (κ2) is 7.94. The van der Waals surface area contributed by atoms with Gasteiger partial charge in [-0.05, 0) is 72.6 Å². The van der Waals surface area contributed by atoms with Gasteiger partial charge in [-0.25, -0.2) is 0 Å². The molecule has 132 valence electrons. The van der Waals surface area contributed by atoms with Crippen molar-refractivity contribution in [1.29, 1.82) is 0 Å². The lowest BCUT2D eigenvalue weighted by molar-refractivity contribution is 0.0271. The summed E-state index contributed by atoms with van der Waals surface area (Å²) in [5.74, 6) is 1.09. The highest BCUT2D eigenvalue weighted by atomic mass is 79.9. The Balaban J connectivity index is 1.36. The first-order valence-corrected chi connectivity index (χ1v) is 11.1. The van der Waals surface area contributed by atoms with Crippen LogP contribution in [0.3, 0.4) is 0 Å². The molecule has 0 spiro atoms. The van der Waals surface area contributed by atoms with Gasteiger partial charge in [0, 0.05) is 0 Å². The number of fused-ring (bicyclic) bond motifs is 2. The van der Waals surface area contributed by atoms with E-state index in [9.17, 15) is 0 Å². The van der Waals surface area contributed by atoms with E-state index in [0.717, 1.165) is 25.7 Å². The molecule has 0 bridgehead atoms. The topological polar surface area (TPSA) is 9.23 Å². The summed E-state index contributed by atoms with van der Waals surface area (Å²) in [6, 6.07) is 17.7. The largest absolute Gasteiger partial charge is 0.352 e. The van der Waals surface area contributed by atoms with Crippen LogP contribution in [0.25, 0.3) is 0 Å². The van der Waals surface area contributed by atoms with Crippen LogP contribution in [-0.2, 0) is 30.4 Å². The molecule has 4 unspecified atom stereocenters. The van der Waals surface area contributed by atoms with Gasteiger partial charge in [-0.3, -0.25) is 0 Å². The average molecular weight is 464 g/mol. The number of ether oxygens (including phenoxy) is 1. The molecule has 0 N–H and O–H groups in total. The molecule has 2 aliphatic rings. The van der Waals surface area contributed by atoms with Gasteiger partial charge in [-0.2, -0.15) is 0 Å². The molecule has 25 heavy (non-hydrogen) atoms. The predicted octanol–water partition coefficient (Wildman–Crippen LogP) is 6.06. The Morgan fingerprint density at radius 2 is 1.08 bits per heavy atom. The molecule has 0 heterocycles. The minimum atomic E-state index is 0.113. The van der Waals surface area contributed by atoms with Crippen molar-refractivity contribution in [2.45, 2.75) is 48.6 Å². The first kappa shape index (κ1) is 17.8. The number of halogens is 2. The highest BCUT2D eigenvalue weighted by Crippen LogP contribution is 2.36. The molecule has 0 amide bonds. The third kappa shape index (κ3) is 4.04. The summed E-state index contributed by atoms with van der Waals surface area (Å²) in [5.41, 5.74) is 6.00. The fraction of sp³-hybridized carbons (Fsp3) is 0.455. The van der Waals surface area contributed by atoms with E-state index in [4.69, 9.17) is 4.74 Å². The third-order valence-corrected chi connectivity index (χ3v) is 7.70. The lowest BCUT2D eigenvalue weighted by atomic mass is 9.83. The second-order valence-electron chi connectivity index (χ2n) is 7.38. The van der Waals surface area contributed by atoms with Crippen molar-refractivity contribution in [2.24, 2.45) is 11.8 Å². The van der Waals surface area contributed by atoms with Crippen molar-refractivity contribution in [3.63, 3.8) is 0 Å². The summed E-state index contributed by atoms with van der Waals surface area (Å²) >= 11 is 7.68. The molecule has 0 radical (unpaired) electrons. The summed E-state index contributed by atoms with van der Waals surface area (Å²) in [7, 11) is 0. The molecule has 2 aromatic carbocycles. The Hall–Kier alpha value is -0.640. The fourth-order valence-corrected chi connectivity index (χ4v) is 5.90. The zero-order valence-electron chi connectivity index (χ0n) is 14.3. The average Bonchev–Trinajstić information content (AvgIpc) is 2.67. The fourth-order valence-electron chi connectivity index (χ4n) is 4.25. The Morgan fingerprint density at radius 3 is 1.52 bits per heavy atom. The van der Waals surface area contributed by atoms with E-state index in [1.165, 1.54) is 35.1 Å². The Morgan fingerprint density at radius 1 is 0.680 bits per heavy atom. The summed E-state index contributed by atoms with van der Waals surface area (Å²) in [6.07, 6.45) is 6.94. The minimum Gasteiger partial charge on any atom is -0.352 e. The van der Waals surface area contributed by atoms with E-state index in [1.807, 2.05) is 0 Å². The smallest absolute Gasteiger partial charge is 0.117 e. The lowest BCUT2D eigenvalue weighted by Crippen LogP contribution is -2.31. The summed E-state index contributed by atoms with van der Waals surface area (Å²) < 4.78 is 6.39. The predicted molar refractivity (Wildman–Crippen MR) is 110 cm³/mol. The van der Waals surface area contributed by atoms with Crippen LogP contribution in [0.4, 0.5) is 0 Å². The highest BCUT2D eigenvalue weighted by Gasteiger charge is 2.31. The van der Waals surface area contributed by atoms with Gasteiger partial charge in [-0.1, -0.05) is 80.4 Å². The molecule has 1 nitrogen and oxygen atoms in total. The van der Waals surface area contributed by atoms with Crippen molar-refractivity contribution in [3.8, 4) is 0 Å². The zero-order chi connectivity index (χ0) is 17.2. The standard InChI is InChI=1S/C22H24Br2O/c23-21(19-11-9-15-5-1-3-7-17(15)13-19)25-22(24)20-12-10-16-6-2-4-8-18(16)14-20/h1-8,19-22H,9-14H2. The van der Waals surface area contributed by atoms with E-state index in [0.29, 0.717) is 11.8 Å². The van der Waals surface area contributed by atoms with Crippen LogP contribution in [0.5, 0.6) is 0 Å². The van der Waals surface area contributed by atoms with E-state index < -0.39 is 0 Å². The monoisotopic (exact) mass is 462 g/mol. The van der Waals surface area contributed by atoms with Gasteiger partial charge in [0.25, 0.3) is 0 Å². The van der Waals surface area contributed by atoms with Crippen LogP contribution in [0.2, 0.25) is 0 Å². The van der Waals surface area contributed by atoms with Gasteiger partial charge in [0.05, 0.1) is 0 Å². The maximum atomic E-state index is 6.39. The molecule has 4 rings (SSSR count). The number of hydrogen-bond acceptors (Lipinski definition) is 1. The first-order valence-electron chi connectivity index (χ1n) is 9.28. The molecule has 4 atom stereocenters. The summed E-state index contributed by atoms with van der Waals surface area (Å²) in [5, 5.41) is 0.227. The van der Waals surface area contributed by atoms with Gasteiger partial charge < -0.3 is 4.74 Å². The van der Waals surface area contributed by atoms with Crippen molar-refractivity contribution in [3.05, 3.63) is 70.8 Å². The van der Waals surface area contributed by atoms with E-state index in [1.54, 1.807) is 0 Å². The SMILES string of the molecule is BrC(OC(Br)C1CCc2ccccc2C1)C1CCc2ccccc2C1. The molecular formula is C22H24Br2O. The van der Waals surface area contributed by atoms with Gasteiger partial charge in [-0.15, -0.1) is 0 Å². The minimum absolute atomic E-state index is 0.113. The number of benzene rings is 2. The lowest BCUT2D eigenvalue weighted by Gasteiger charge is -2.33. The Bertz CT molecular complexity index is 668. The van der Waals surface area contributed by atoms with Gasteiger partial charge >= 0.3 is 0 Å². The number of hydrogen-bond donors (Lipinski definition) is 0. The zero-order valence-corrected chi connectivity index (χ0v) is 17.5. The third-order valence-electron chi connectivity index (χ3n) is 5.77. The van der Waals surface area contributed by atoms with Crippen molar-refractivity contribution >= 4 is 31.9 Å². The summed E-state index contributed by atoms with van der Waals surface area (Å²) in [6.45, 7) is 0. The van der Waals surface area contributed by atoms with Crippen LogP contribution >= 0.6 is 31.9 Å². The van der Waals surface area contributed by atoms with Crippen molar-refractivity contribution in [1.82, 2.24) is 0 Å². The molecule has 3 heteroatoms. The van der Waals surface area contributed by atoms with Gasteiger partial charge in [0.15, 0.2) is 0 Å². The first-order chi connectivity index (χ1) is 12.2. The van der Waals surface area contributed by atoms with Crippen molar-refractivity contribution in [2.75, 3.05) is 0 Å². The van der Waals surface area contributed by atoms with E-state index >= 15 is 0 Å². The molecule has 0 saturated carbocycles. The number of alkyl halides is 2. The Labute approximate surface area is 167 Å². The second-order valence-corrected chi connectivity index (χ2v) is 9.19. The molecule has 0 aliphatic heterocycles. The quantitative estimate of drug-likeness (QED) is 0.501. The number of aryl methyl sites for hydroxylation is 2. The molecule has 2 aromatic rings. The van der Waals surface area contributed by atoms with Crippen LogP contribution in [0, 0.1) is 11.8 Å². The number of rotatable bonds is 4. The van der Waals surface area contributed by atoms with Crippen LogP contribution in [0.1, 0.15) is 35.1 Å². The van der Waals surface area contributed by atoms with Crippen LogP contribution in [0.15, 0.2) is 48.5 Å². The van der Waals surface area contributed by atoms with E-state index in [-0.39, 0.29) is 10.0 Å². The van der Waals surface area contributed by atoms with Crippen LogP contribution < -0.4 is 0 Å². The molecule has 0 fully saturated rings. The maximum Gasteiger partial charge on any atom is 0.117 e. The molecule has 2 aliphatic carbocycles. The van der Waals surface area contributed by atoms with Crippen LogP contribution in [-0.4, -0.2) is 10.0 Å².